The van der Waals surface area contributed by atoms with Gasteiger partial charge in [0.05, 0.1) is 0 Å². The number of unbranched alkanes of at least 4 members (excludes halogenated alkanes) is 10. The zero-order valence-electron chi connectivity index (χ0n) is 42.6. The van der Waals surface area contributed by atoms with Gasteiger partial charge in [-0.3, -0.25) is 14.4 Å². The molecule has 0 aromatic carbocycles. The van der Waals surface area contributed by atoms with Crippen molar-refractivity contribution in [3.8, 4) is 0 Å². The summed E-state index contributed by atoms with van der Waals surface area (Å²) in [5, 5.41) is 0. The molecule has 67 heavy (non-hydrogen) atoms. The summed E-state index contributed by atoms with van der Waals surface area (Å²) in [4.78, 5) is 38.0. The molecule has 0 unspecified atom stereocenters. The zero-order chi connectivity index (χ0) is 48.6. The van der Waals surface area contributed by atoms with Crippen LogP contribution in [0, 0.1) is 0 Å². The number of carbonyl (C=O) groups excluding carboxylic acids is 3. The van der Waals surface area contributed by atoms with Gasteiger partial charge in [0.2, 0.25) is 0 Å². The molecule has 6 heteroatoms. The summed E-state index contributed by atoms with van der Waals surface area (Å²) in [5.74, 6) is -1.08. The summed E-state index contributed by atoms with van der Waals surface area (Å²) in [5.41, 5.74) is 0. The highest BCUT2D eigenvalue weighted by Gasteiger charge is 2.19. The molecule has 0 aromatic rings. The van der Waals surface area contributed by atoms with Gasteiger partial charge < -0.3 is 14.2 Å². The van der Waals surface area contributed by atoms with E-state index >= 15 is 0 Å². The molecule has 0 aliphatic rings. The molecule has 0 aromatic heterocycles. The van der Waals surface area contributed by atoms with Crippen LogP contribution < -0.4 is 0 Å². The van der Waals surface area contributed by atoms with Gasteiger partial charge in [-0.15, -0.1) is 0 Å². The number of hydrogen-bond acceptors (Lipinski definition) is 6. The molecule has 0 amide bonds. The third-order valence-corrected chi connectivity index (χ3v) is 10.3. The van der Waals surface area contributed by atoms with Crippen molar-refractivity contribution in [3.05, 3.63) is 146 Å². The van der Waals surface area contributed by atoms with Gasteiger partial charge >= 0.3 is 17.9 Å². The normalized spacial score (nSPS) is 13.3. The van der Waals surface area contributed by atoms with E-state index in [0.717, 1.165) is 122 Å². The van der Waals surface area contributed by atoms with Crippen LogP contribution in [0.5, 0.6) is 0 Å². The van der Waals surface area contributed by atoms with Gasteiger partial charge in [-0.05, 0) is 128 Å². The summed E-state index contributed by atoms with van der Waals surface area (Å²) in [6.07, 6.45) is 77.0. The van der Waals surface area contributed by atoms with E-state index in [1.807, 2.05) is 12.2 Å². The molecule has 0 heterocycles. The van der Waals surface area contributed by atoms with Crippen molar-refractivity contribution in [2.45, 2.75) is 207 Å². The molecule has 1 atom stereocenters. The minimum atomic E-state index is -0.839. The number of allylic oxidation sites excluding steroid dienone is 24. The van der Waals surface area contributed by atoms with Crippen LogP contribution in [0.4, 0.5) is 0 Å². The van der Waals surface area contributed by atoms with Crippen molar-refractivity contribution in [2.75, 3.05) is 13.2 Å². The molecule has 374 valence electrons. The van der Waals surface area contributed by atoms with Gasteiger partial charge in [0.25, 0.3) is 0 Å². The van der Waals surface area contributed by atoms with E-state index in [4.69, 9.17) is 14.2 Å². The van der Waals surface area contributed by atoms with Crippen LogP contribution in [0.15, 0.2) is 146 Å². The fourth-order valence-electron chi connectivity index (χ4n) is 6.43. The average Bonchev–Trinajstić information content (AvgIpc) is 3.33. The van der Waals surface area contributed by atoms with Crippen molar-refractivity contribution < 1.29 is 28.6 Å². The van der Waals surface area contributed by atoms with Gasteiger partial charge in [-0.25, -0.2) is 0 Å². The Morgan fingerprint density at radius 2 is 0.612 bits per heavy atom. The smallest absolute Gasteiger partial charge is 0.306 e. The second-order valence-electron chi connectivity index (χ2n) is 16.7. The molecule has 0 aliphatic carbocycles. The lowest BCUT2D eigenvalue weighted by Crippen LogP contribution is -2.30. The Morgan fingerprint density at radius 3 is 1.03 bits per heavy atom. The predicted molar refractivity (Wildman–Crippen MR) is 288 cm³/mol. The molecular weight excluding hydrogens is 829 g/mol. The maximum atomic E-state index is 12.8. The van der Waals surface area contributed by atoms with Crippen molar-refractivity contribution in [3.63, 3.8) is 0 Å². The highest BCUT2D eigenvalue weighted by atomic mass is 16.6. The Labute approximate surface area is 410 Å². The number of ether oxygens (including phenoxy) is 3. The summed E-state index contributed by atoms with van der Waals surface area (Å²) in [6.45, 7) is 6.24. The third-order valence-electron chi connectivity index (χ3n) is 10.3. The SMILES string of the molecule is CC/C=C\C/C=C\C/C=C\C/C=C\C/C=C\C/C=C\CCC(=O)OC[C@H](COC(=O)CCCC/C=C\C/C=C\C/C=C\C/C=C\CC)OC(=O)CCCCCCC/C=C\C/C=C\CCCCC. The monoisotopic (exact) mass is 923 g/mol. The quantitative estimate of drug-likeness (QED) is 0.0262. The molecule has 6 nitrogen and oxygen atoms in total. The van der Waals surface area contributed by atoms with Crippen LogP contribution in [0.1, 0.15) is 201 Å². The van der Waals surface area contributed by atoms with E-state index < -0.39 is 6.10 Å². The minimum absolute atomic E-state index is 0.135. The molecule has 0 saturated carbocycles. The van der Waals surface area contributed by atoms with Crippen LogP contribution in [0.25, 0.3) is 0 Å². The van der Waals surface area contributed by atoms with E-state index in [9.17, 15) is 14.4 Å². The maximum absolute atomic E-state index is 12.8. The largest absolute Gasteiger partial charge is 0.462 e. The number of hydrogen-bond donors (Lipinski definition) is 0. The van der Waals surface area contributed by atoms with Crippen molar-refractivity contribution in [2.24, 2.45) is 0 Å². The summed E-state index contributed by atoms with van der Waals surface area (Å²) >= 11 is 0. The van der Waals surface area contributed by atoms with Crippen LogP contribution in [0.2, 0.25) is 0 Å². The fourth-order valence-corrected chi connectivity index (χ4v) is 6.43. The summed E-state index contributed by atoms with van der Waals surface area (Å²) in [7, 11) is 0. The predicted octanol–water partition coefficient (Wildman–Crippen LogP) is 17.6. The van der Waals surface area contributed by atoms with E-state index in [1.54, 1.807) is 0 Å². The molecule has 0 bridgehead atoms. The fraction of sp³-hybridized carbons (Fsp3) is 0.557. The van der Waals surface area contributed by atoms with Crippen LogP contribution in [-0.2, 0) is 28.6 Å². The standard InChI is InChI=1S/C61H94O6/c1-4-7-10-13-16-19-22-25-28-29-30-31-34-36-39-42-45-48-51-54-60(63)66-57-58(67-61(64)55-52-49-46-43-40-37-33-27-24-21-18-15-12-9-6-3)56-65-59(62)53-50-47-44-41-38-35-32-26-23-20-17-14-11-8-5-2/h7-8,10-11,16-21,25-28,30-33,36,38-39,41,45,48,58H,4-6,9,12-15,22-24,29,34-35,37,40,42-44,46-47,49-57H2,1-3H3/b10-7-,11-8-,19-16-,20-17-,21-18-,28-25-,31-30-,32-26-,33-27-,39-36-,41-38-,48-45-/t58-/m0/s1. The van der Waals surface area contributed by atoms with Crippen molar-refractivity contribution in [1.82, 2.24) is 0 Å². The van der Waals surface area contributed by atoms with Crippen LogP contribution in [-0.4, -0.2) is 37.2 Å². The highest BCUT2D eigenvalue weighted by Crippen LogP contribution is 2.11. The molecule has 0 rings (SSSR count). The average molecular weight is 923 g/mol. The number of carbonyl (C=O) groups is 3. The maximum Gasteiger partial charge on any atom is 0.306 e. The Balaban J connectivity index is 4.62. The Morgan fingerprint density at radius 1 is 0.313 bits per heavy atom. The second-order valence-corrected chi connectivity index (χ2v) is 16.7. The summed E-state index contributed by atoms with van der Waals surface area (Å²) in [6, 6.07) is 0. The van der Waals surface area contributed by atoms with Gasteiger partial charge in [0, 0.05) is 19.3 Å². The minimum Gasteiger partial charge on any atom is -0.462 e. The van der Waals surface area contributed by atoms with Gasteiger partial charge in [0.15, 0.2) is 6.10 Å². The molecule has 0 N–H and O–H groups in total. The van der Waals surface area contributed by atoms with Gasteiger partial charge in [-0.1, -0.05) is 199 Å². The molecule has 0 saturated heterocycles. The zero-order valence-corrected chi connectivity index (χ0v) is 42.6. The number of rotatable bonds is 45. The van der Waals surface area contributed by atoms with E-state index in [-0.39, 0.29) is 50.4 Å². The topological polar surface area (TPSA) is 78.9 Å². The lowest BCUT2D eigenvalue weighted by Gasteiger charge is -2.18. The lowest BCUT2D eigenvalue weighted by molar-refractivity contribution is -0.166. The van der Waals surface area contributed by atoms with E-state index in [2.05, 4.69) is 154 Å². The third kappa shape index (κ3) is 52.1. The lowest BCUT2D eigenvalue weighted by atomic mass is 10.1. The van der Waals surface area contributed by atoms with E-state index in [0.29, 0.717) is 12.8 Å². The van der Waals surface area contributed by atoms with Crippen LogP contribution >= 0.6 is 0 Å². The van der Waals surface area contributed by atoms with Crippen molar-refractivity contribution in [1.29, 1.82) is 0 Å². The Hall–Kier alpha value is -4.71. The Bertz CT molecular complexity index is 1530. The van der Waals surface area contributed by atoms with E-state index in [1.165, 1.54) is 25.7 Å². The van der Waals surface area contributed by atoms with Crippen molar-refractivity contribution >= 4 is 17.9 Å². The van der Waals surface area contributed by atoms with Crippen LogP contribution in [0.3, 0.4) is 0 Å². The first kappa shape index (κ1) is 62.3. The first-order valence-electron chi connectivity index (χ1n) is 26.3. The first-order chi connectivity index (χ1) is 33.0. The molecule has 0 spiro atoms. The van der Waals surface area contributed by atoms with Gasteiger partial charge in [0.1, 0.15) is 13.2 Å². The molecule has 0 fully saturated rings. The summed E-state index contributed by atoms with van der Waals surface area (Å²) < 4.78 is 16.7. The molecular formula is C61H94O6. The number of esters is 3. The Kier molecular flexibility index (Phi) is 50.1. The molecule has 0 radical (unpaired) electrons. The first-order valence-corrected chi connectivity index (χ1v) is 26.3. The highest BCUT2D eigenvalue weighted by molar-refractivity contribution is 5.71. The van der Waals surface area contributed by atoms with Gasteiger partial charge in [-0.2, -0.15) is 0 Å². The molecule has 0 aliphatic heterocycles. The second kappa shape index (κ2) is 53.9.